The number of hydrogen-bond acceptors (Lipinski definition) is 2. The number of urea groups is 1. The van der Waals surface area contributed by atoms with Gasteiger partial charge in [0.15, 0.2) is 0 Å². The van der Waals surface area contributed by atoms with Crippen molar-refractivity contribution in [3.05, 3.63) is 53.1 Å². The molecule has 0 aliphatic heterocycles. The van der Waals surface area contributed by atoms with E-state index >= 15 is 0 Å². The first-order chi connectivity index (χ1) is 9.08. The maximum Gasteiger partial charge on any atom is 0.323 e. The number of amides is 2. The van der Waals surface area contributed by atoms with Crippen molar-refractivity contribution in [2.75, 3.05) is 16.4 Å². The molecule has 0 heterocycles. The Bertz CT molecular complexity index is 593. The number of nitrogen functional groups attached to an aromatic ring is 1. The molecular formula is C14H14ClN3O. The minimum atomic E-state index is -0.380. The summed E-state index contributed by atoms with van der Waals surface area (Å²) in [6.07, 6.45) is 0. The van der Waals surface area contributed by atoms with Crippen LogP contribution in [0.5, 0.6) is 0 Å². The second-order valence-corrected chi connectivity index (χ2v) is 4.51. The quantitative estimate of drug-likeness (QED) is 0.728. The summed E-state index contributed by atoms with van der Waals surface area (Å²) in [7, 11) is 0. The van der Waals surface area contributed by atoms with Gasteiger partial charge < -0.3 is 16.4 Å². The highest BCUT2D eigenvalue weighted by atomic mass is 35.5. The topological polar surface area (TPSA) is 67.1 Å². The molecule has 5 heteroatoms. The van der Waals surface area contributed by atoms with Crippen LogP contribution in [0.3, 0.4) is 0 Å². The number of anilines is 3. The molecule has 0 aliphatic rings. The maximum atomic E-state index is 11.9. The van der Waals surface area contributed by atoms with Crippen LogP contribution in [0.25, 0.3) is 0 Å². The van der Waals surface area contributed by atoms with Gasteiger partial charge in [-0.15, -0.1) is 0 Å². The summed E-state index contributed by atoms with van der Waals surface area (Å²) in [6.45, 7) is 1.88. The van der Waals surface area contributed by atoms with Gasteiger partial charge in [0.05, 0.1) is 22.1 Å². The molecular weight excluding hydrogens is 262 g/mol. The van der Waals surface area contributed by atoms with E-state index in [-0.39, 0.29) is 6.03 Å². The summed E-state index contributed by atoms with van der Waals surface area (Å²) >= 11 is 5.97. The fraction of sp³-hybridized carbons (Fsp3) is 0.0714. The minimum absolute atomic E-state index is 0.380. The lowest BCUT2D eigenvalue weighted by Crippen LogP contribution is -2.20. The molecule has 0 fully saturated rings. The normalized spacial score (nSPS) is 10.0. The molecule has 0 bridgehead atoms. The molecule has 0 saturated heterocycles. The number of aryl methyl sites for hydroxylation is 1. The molecule has 2 amide bonds. The number of nitrogens with one attached hydrogen (secondary N) is 2. The van der Waals surface area contributed by atoms with Crippen LogP contribution >= 0.6 is 11.6 Å². The van der Waals surface area contributed by atoms with E-state index < -0.39 is 0 Å². The highest BCUT2D eigenvalue weighted by Crippen LogP contribution is 2.24. The molecule has 0 aliphatic carbocycles. The first-order valence-electron chi connectivity index (χ1n) is 5.75. The molecule has 2 aromatic rings. The van der Waals surface area contributed by atoms with Gasteiger partial charge in [0, 0.05) is 0 Å². The first kappa shape index (κ1) is 13.2. The Hall–Kier alpha value is -2.20. The fourth-order valence-corrected chi connectivity index (χ4v) is 1.87. The predicted octanol–water partition coefficient (Wildman–Crippen LogP) is 3.87. The number of para-hydroxylation sites is 2. The number of carbonyl (C=O) groups is 1. The van der Waals surface area contributed by atoms with Crippen LogP contribution in [0.2, 0.25) is 5.02 Å². The third-order valence-corrected chi connectivity index (χ3v) is 3.00. The lowest BCUT2D eigenvalue weighted by Gasteiger charge is -2.12. The lowest BCUT2D eigenvalue weighted by molar-refractivity contribution is 0.262. The number of carbonyl (C=O) groups excluding carboxylic acids is 1. The second-order valence-electron chi connectivity index (χ2n) is 4.10. The molecule has 0 unspecified atom stereocenters. The third-order valence-electron chi connectivity index (χ3n) is 2.67. The van der Waals surface area contributed by atoms with Crippen molar-refractivity contribution in [2.45, 2.75) is 6.92 Å². The molecule has 0 saturated carbocycles. The van der Waals surface area contributed by atoms with Crippen molar-refractivity contribution >= 4 is 34.7 Å². The number of halogens is 1. The Kier molecular flexibility index (Phi) is 3.92. The van der Waals surface area contributed by atoms with Gasteiger partial charge in [-0.25, -0.2) is 4.79 Å². The molecule has 98 valence electrons. The Morgan fingerprint density at radius 3 is 2.53 bits per heavy atom. The van der Waals surface area contributed by atoms with E-state index in [2.05, 4.69) is 10.6 Å². The van der Waals surface area contributed by atoms with Crippen molar-refractivity contribution in [2.24, 2.45) is 0 Å². The molecule has 19 heavy (non-hydrogen) atoms. The van der Waals surface area contributed by atoms with Gasteiger partial charge in [-0.2, -0.15) is 0 Å². The van der Waals surface area contributed by atoms with Crippen LogP contribution in [0.15, 0.2) is 42.5 Å². The highest BCUT2D eigenvalue weighted by Gasteiger charge is 2.09. The van der Waals surface area contributed by atoms with Crippen LogP contribution in [0.4, 0.5) is 21.9 Å². The van der Waals surface area contributed by atoms with Gasteiger partial charge in [0.2, 0.25) is 0 Å². The van der Waals surface area contributed by atoms with Crippen LogP contribution in [0.1, 0.15) is 5.56 Å². The Morgan fingerprint density at radius 2 is 1.84 bits per heavy atom. The van der Waals surface area contributed by atoms with E-state index in [4.69, 9.17) is 17.3 Å². The lowest BCUT2D eigenvalue weighted by atomic mass is 10.2. The highest BCUT2D eigenvalue weighted by molar-refractivity contribution is 6.33. The van der Waals surface area contributed by atoms with Crippen molar-refractivity contribution in [1.29, 1.82) is 0 Å². The summed E-state index contributed by atoms with van der Waals surface area (Å²) in [5, 5.41) is 5.88. The van der Waals surface area contributed by atoms with E-state index in [1.54, 1.807) is 30.3 Å². The van der Waals surface area contributed by atoms with Gasteiger partial charge >= 0.3 is 6.03 Å². The summed E-state index contributed by atoms with van der Waals surface area (Å²) in [5.74, 6) is 0. The van der Waals surface area contributed by atoms with Crippen molar-refractivity contribution in [1.82, 2.24) is 0 Å². The monoisotopic (exact) mass is 275 g/mol. The summed E-state index contributed by atoms with van der Waals surface area (Å²) in [5.41, 5.74) is 8.40. The molecule has 2 aromatic carbocycles. The molecule has 0 atom stereocenters. The zero-order valence-corrected chi connectivity index (χ0v) is 11.2. The molecule has 0 aromatic heterocycles. The van der Waals surface area contributed by atoms with E-state index in [0.717, 1.165) is 5.56 Å². The van der Waals surface area contributed by atoms with Crippen LogP contribution in [-0.4, -0.2) is 6.03 Å². The standard InChI is InChI=1S/C14H14ClN3O/c1-9-5-4-7-11(16)13(9)18-14(19)17-12-8-3-2-6-10(12)15/h2-8H,16H2,1H3,(H2,17,18,19). The predicted molar refractivity (Wildman–Crippen MR) is 79.7 cm³/mol. The zero-order chi connectivity index (χ0) is 13.8. The average Bonchev–Trinajstić information content (AvgIpc) is 2.37. The summed E-state index contributed by atoms with van der Waals surface area (Å²) in [6, 6.07) is 12.1. The average molecular weight is 276 g/mol. The first-order valence-corrected chi connectivity index (χ1v) is 6.13. The molecule has 4 N–H and O–H groups in total. The van der Waals surface area contributed by atoms with E-state index in [1.165, 1.54) is 0 Å². The number of rotatable bonds is 2. The molecule has 4 nitrogen and oxygen atoms in total. The smallest absolute Gasteiger partial charge is 0.323 e. The van der Waals surface area contributed by atoms with Crippen LogP contribution in [-0.2, 0) is 0 Å². The minimum Gasteiger partial charge on any atom is -0.397 e. The van der Waals surface area contributed by atoms with Crippen molar-refractivity contribution in [3.8, 4) is 0 Å². The van der Waals surface area contributed by atoms with E-state index in [1.807, 2.05) is 19.1 Å². The van der Waals surface area contributed by atoms with Gasteiger partial charge in [-0.3, -0.25) is 0 Å². The molecule has 2 rings (SSSR count). The number of hydrogen-bond donors (Lipinski definition) is 3. The molecule has 0 radical (unpaired) electrons. The van der Waals surface area contributed by atoms with Crippen LogP contribution < -0.4 is 16.4 Å². The SMILES string of the molecule is Cc1cccc(N)c1NC(=O)Nc1ccccc1Cl. The van der Waals surface area contributed by atoms with Crippen molar-refractivity contribution in [3.63, 3.8) is 0 Å². The number of benzene rings is 2. The Balaban J connectivity index is 2.12. The second kappa shape index (κ2) is 5.63. The van der Waals surface area contributed by atoms with Gasteiger partial charge in [0.25, 0.3) is 0 Å². The third kappa shape index (κ3) is 3.17. The largest absolute Gasteiger partial charge is 0.397 e. The summed E-state index contributed by atoms with van der Waals surface area (Å²) in [4.78, 5) is 11.9. The summed E-state index contributed by atoms with van der Waals surface area (Å²) < 4.78 is 0. The van der Waals surface area contributed by atoms with E-state index in [0.29, 0.717) is 22.1 Å². The maximum absolute atomic E-state index is 11.9. The fourth-order valence-electron chi connectivity index (χ4n) is 1.69. The zero-order valence-electron chi connectivity index (χ0n) is 10.4. The Labute approximate surface area is 116 Å². The van der Waals surface area contributed by atoms with Gasteiger partial charge in [-0.05, 0) is 30.7 Å². The van der Waals surface area contributed by atoms with Gasteiger partial charge in [0.1, 0.15) is 0 Å². The molecule has 0 spiro atoms. The van der Waals surface area contributed by atoms with E-state index in [9.17, 15) is 4.79 Å². The Morgan fingerprint density at radius 1 is 1.11 bits per heavy atom. The van der Waals surface area contributed by atoms with Crippen LogP contribution in [0, 0.1) is 6.92 Å². The van der Waals surface area contributed by atoms with Crippen molar-refractivity contribution < 1.29 is 4.79 Å². The van der Waals surface area contributed by atoms with Gasteiger partial charge in [-0.1, -0.05) is 35.9 Å². The number of nitrogens with two attached hydrogens (primary N) is 1.